The van der Waals surface area contributed by atoms with E-state index < -0.39 is 0 Å². The molecular weight excluding hydrogens is 256 g/mol. The molecule has 0 bridgehead atoms. The lowest BCUT2D eigenvalue weighted by molar-refractivity contribution is 0.0951. The van der Waals surface area contributed by atoms with Crippen LogP contribution >= 0.6 is 11.3 Å². The van der Waals surface area contributed by atoms with Crippen LogP contribution in [0.5, 0.6) is 0 Å². The Hall–Kier alpha value is -1.65. The SMILES string of the molecule is CCc1ccsc1CNC(=O)c1ccc(CN)cc1. The van der Waals surface area contributed by atoms with Crippen molar-refractivity contribution in [2.75, 3.05) is 0 Å². The van der Waals surface area contributed by atoms with Crippen LogP contribution in [0.4, 0.5) is 0 Å². The third-order valence-corrected chi connectivity index (χ3v) is 4.04. The number of nitrogens with two attached hydrogens (primary N) is 1. The summed E-state index contributed by atoms with van der Waals surface area (Å²) in [6.07, 6.45) is 1.000. The zero-order chi connectivity index (χ0) is 13.7. The Morgan fingerprint density at radius 1 is 1.26 bits per heavy atom. The van der Waals surface area contributed by atoms with Crippen molar-refractivity contribution in [3.05, 3.63) is 57.3 Å². The van der Waals surface area contributed by atoms with Crippen molar-refractivity contribution in [1.82, 2.24) is 5.32 Å². The fraction of sp³-hybridized carbons (Fsp3) is 0.267. The molecule has 0 aliphatic heterocycles. The third kappa shape index (κ3) is 3.43. The van der Waals surface area contributed by atoms with Crippen molar-refractivity contribution in [2.24, 2.45) is 5.73 Å². The van der Waals surface area contributed by atoms with Gasteiger partial charge in [0.05, 0.1) is 6.54 Å². The first kappa shape index (κ1) is 13.8. The predicted molar refractivity (Wildman–Crippen MR) is 79.2 cm³/mol. The summed E-state index contributed by atoms with van der Waals surface area (Å²) in [5.41, 5.74) is 8.54. The van der Waals surface area contributed by atoms with Gasteiger partial charge in [-0.3, -0.25) is 4.79 Å². The average molecular weight is 274 g/mol. The second-order valence-corrected chi connectivity index (χ2v) is 5.31. The Balaban J connectivity index is 1.97. The smallest absolute Gasteiger partial charge is 0.251 e. The maximum atomic E-state index is 12.0. The van der Waals surface area contributed by atoms with E-state index >= 15 is 0 Å². The Morgan fingerprint density at radius 3 is 2.63 bits per heavy atom. The molecular formula is C15H18N2OS. The molecule has 0 aliphatic carbocycles. The summed E-state index contributed by atoms with van der Waals surface area (Å²) in [5.74, 6) is -0.0426. The van der Waals surface area contributed by atoms with Crippen molar-refractivity contribution in [3.8, 4) is 0 Å². The number of hydrogen-bond acceptors (Lipinski definition) is 3. The molecule has 2 aromatic rings. The highest BCUT2D eigenvalue weighted by Gasteiger charge is 2.07. The molecule has 0 radical (unpaired) electrons. The van der Waals surface area contributed by atoms with E-state index in [1.54, 1.807) is 11.3 Å². The molecule has 0 unspecified atom stereocenters. The maximum Gasteiger partial charge on any atom is 0.251 e. The van der Waals surface area contributed by atoms with Crippen molar-refractivity contribution in [3.63, 3.8) is 0 Å². The Bertz CT molecular complexity index is 546. The van der Waals surface area contributed by atoms with Crippen molar-refractivity contribution >= 4 is 17.2 Å². The molecule has 0 atom stereocenters. The van der Waals surface area contributed by atoms with Gasteiger partial charge < -0.3 is 11.1 Å². The lowest BCUT2D eigenvalue weighted by atomic mass is 10.1. The molecule has 3 N–H and O–H groups in total. The highest BCUT2D eigenvalue weighted by Crippen LogP contribution is 2.17. The van der Waals surface area contributed by atoms with Gasteiger partial charge in [-0.25, -0.2) is 0 Å². The van der Waals surface area contributed by atoms with Crippen LogP contribution in [0, 0.1) is 0 Å². The highest BCUT2D eigenvalue weighted by atomic mass is 32.1. The van der Waals surface area contributed by atoms with Gasteiger partial charge in [0.25, 0.3) is 5.91 Å². The zero-order valence-electron chi connectivity index (χ0n) is 11.0. The Morgan fingerprint density at radius 2 is 2.00 bits per heavy atom. The van der Waals surface area contributed by atoms with Gasteiger partial charge in [0.1, 0.15) is 0 Å². The van der Waals surface area contributed by atoms with Crippen LogP contribution in [0.1, 0.15) is 33.3 Å². The molecule has 0 saturated heterocycles. The molecule has 4 heteroatoms. The van der Waals surface area contributed by atoms with E-state index in [0.29, 0.717) is 18.7 Å². The summed E-state index contributed by atoms with van der Waals surface area (Å²) in [5, 5.41) is 5.02. The number of amides is 1. The summed E-state index contributed by atoms with van der Waals surface area (Å²) < 4.78 is 0. The van der Waals surface area contributed by atoms with Crippen LogP contribution in [-0.4, -0.2) is 5.91 Å². The quantitative estimate of drug-likeness (QED) is 0.880. The predicted octanol–water partition coefficient (Wildman–Crippen LogP) is 2.70. The zero-order valence-corrected chi connectivity index (χ0v) is 11.8. The minimum Gasteiger partial charge on any atom is -0.347 e. The van der Waals surface area contributed by atoms with Crippen LogP contribution in [-0.2, 0) is 19.5 Å². The largest absolute Gasteiger partial charge is 0.347 e. The average Bonchev–Trinajstić information content (AvgIpc) is 2.92. The summed E-state index contributed by atoms with van der Waals surface area (Å²) in [6.45, 7) is 3.22. The molecule has 0 spiro atoms. The highest BCUT2D eigenvalue weighted by molar-refractivity contribution is 7.10. The van der Waals surface area contributed by atoms with E-state index in [2.05, 4.69) is 23.7 Å². The standard InChI is InChI=1S/C15H18N2OS/c1-2-12-7-8-19-14(12)10-17-15(18)13-5-3-11(9-16)4-6-13/h3-8H,2,9-10,16H2,1H3,(H,17,18). The van der Waals surface area contributed by atoms with E-state index in [1.807, 2.05) is 24.3 Å². The second kappa shape index (κ2) is 6.50. The van der Waals surface area contributed by atoms with Gasteiger partial charge in [-0.05, 0) is 41.1 Å². The molecule has 1 heterocycles. The fourth-order valence-electron chi connectivity index (χ4n) is 1.89. The molecule has 0 fully saturated rings. The first-order valence-electron chi connectivity index (χ1n) is 6.37. The van der Waals surface area contributed by atoms with Gasteiger partial charge in [0.15, 0.2) is 0 Å². The number of hydrogen-bond donors (Lipinski definition) is 2. The summed E-state index contributed by atoms with van der Waals surface area (Å²) in [4.78, 5) is 13.2. The van der Waals surface area contributed by atoms with Crippen LogP contribution in [0.2, 0.25) is 0 Å². The van der Waals surface area contributed by atoms with E-state index in [9.17, 15) is 4.79 Å². The lowest BCUT2D eigenvalue weighted by Gasteiger charge is -2.06. The number of nitrogens with one attached hydrogen (secondary N) is 1. The molecule has 2 rings (SSSR count). The number of benzene rings is 1. The molecule has 1 amide bonds. The summed E-state index contributed by atoms with van der Waals surface area (Å²) in [6, 6.07) is 9.51. The molecule has 3 nitrogen and oxygen atoms in total. The van der Waals surface area contributed by atoms with Gasteiger partial charge in [0, 0.05) is 17.0 Å². The van der Waals surface area contributed by atoms with Gasteiger partial charge in [-0.1, -0.05) is 19.1 Å². The van der Waals surface area contributed by atoms with E-state index in [0.717, 1.165) is 12.0 Å². The van der Waals surface area contributed by atoms with Crippen LogP contribution < -0.4 is 11.1 Å². The minimum atomic E-state index is -0.0426. The first-order valence-corrected chi connectivity index (χ1v) is 7.25. The first-order chi connectivity index (χ1) is 9.24. The van der Waals surface area contributed by atoms with Crippen LogP contribution in [0.3, 0.4) is 0 Å². The van der Waals surface area contributed by atoms with Crippen LogP contribution in [0.15, 0.2) is 35.7 Å². The number of aryl methyl sites for hydroxylation is 1. The molecule has 1 aromatic carbocycles. The number of carbonyl (C=O) groups excluding carboxylic acids is 1. The number of rotatable bonds is 5. The molecule has 100 valence electrons. The van der Waals surface area contributed by atoms with Crippen molar-refractivity contribution in [2.45, 2.75) is 26.4 Å². The Kier molecular flexibility index (Phi) is 4.71. The van der Waals surface area contributed by atoms with Gasteiger partial charge in [0.2, 0.25) is 0 Å². The molecule has 0 saturated carbocycles. The maximum absolute atomic E-state index is 12.0. The van der Waals surface area contributed by atoms with Gasteiger partial charge >= 0.3 is 0 Å². The fourth-order valence-corrected chi connectivity index (χ4v) is 2.81. The van der Waals surface area contributed by atoms with Crippen LogP contribution in [0.25, 0.3) is 0 Å². The summed E-state index contributed by atoms with van der Waals surface area (Å²) in [7, 11) is 0. The van der Waals surface area contributed by atoms with Crippen molar-refractivity contribution in [1.29, 1.82) is 0 Å². The minimum absolute atomic E-state index is 0.0426. The van der Waals surface area contributed by atoms with Gasteiger partial charge in [-0.2, -0.15) is 0 Å². The Labute approximate surface area is 117 Å². The van der Waals surface area contributed by atoms with E-state index in [1.165, 1.54) is 10.4 Å². The van der Waals surface area contributed by atoms with Gasteiger partial charge in [-0.15, -0.1) is 11.3 Å². The monoisotopic (exact) mass is 274 g/mol. The topological polar surface area (TPSA) is 55.1 Å². The lowest BCUT2D eigenvalue weighted by Crippen LogP contribution is -2.22. The third-order valence-electron chi connectivity index (χ3n) is 3.08. The van der Waals surface area contributed by atoms with E-state index in [4.69, 9.17) is 5.73 Å². The molecule has 1 aromatic heterocycles. The second-order valence-electron chi connectivity index (χ2n) is 4.31. The normalized spacial score (nSPS) is 10.4. The molecule has 0 aliphatic rings. The van der Waals surface area contributed by atoms with Crippen molar-refractivity contribution < 1.29 is 4.79 Å². The molecule has 19 heavy (non-hydrogen) atoms. The number of carbonyl (C=O) groups is 1. The van der Waals surface area contributed by atoms with E-state index in [-0.39, 0.29) is 5.91 Å². The summed E-state index contributed by atoms with van der Waals surface area (Å²) >= 11 is 1.69. The number of thiophene rings is 1.